The summed E-state index contributed by atoms with van der Waals surface area (Å²) in [5.74, 6) is -0.00631. The molecule has 0 fully saturated rings. The van der Waals surface area contributed by atoms with Gasteiger partial charge in [0.25, 0.3) is 11.6 Å². The quantitative estimate of drug-likeness (QED) is 0.164. The molecule has 0 spiro atoms. The summed E-state index contributed by atoms with van der Waals surface area (Å²) in [6.45, 7) is 0.375. The first-order valence-corrected chi connectivity index (χ1v) is 10.4. The van der Waals surface area contributed by atoms with Crippen molar-refractivity contribution in [3.8, 4) is 11.8 Å². The SMILES string of the molecule is N#C/C(=C/c1cccc(OCc2cccc3ccccc23)c1)C(=O)Nc1ccc([N+](=O)[O-])cc1. The number of nitrogens with zero attached hydrogens (tertiary/aromatic N) is 2. The average Bonchev–Trinajstić information content (AvgIpc) is 2.86. The number of carbonyl (C=O) groups is 1. The first kappa shape index (κ1) is 22.2. The lowest BCUT2D eigenvalue weighted by atomic mass is 10.1. The van der Waals surface area contributed by atoms with Crippen LogP contribution in [-0.2, 0) is 11.4 Å². The van der Waals surface area contributed by atoms with Crippen molar-refractivity contribution in [1.29, 1.82) is 5.26 Å². The van der Waals surface area contributed by atoms with Gasteiger partial charge in [0.05, 0.1) is 4.92 Å². The van der Waals surface area contributed by atoms with Gasteiger partial charge in [-0.2, -0.15) is 5.26 Å². The Hall–Kier alpha value is -4.96. The minimum absolute atomic E-state index is 0.0886. The lowest BCUT2D eigenvalue weighted by Crippen LogP contribution is -2.13. The number of carbonyl (C=O) groups excluding carboxylic acids is 1. The number of nitro benzene ring substituents is 1. The van der Waals surface area contributed by atoms with Crippen molar-refractivity contribution in [2.75, 3.05) is 5.32 Å². The van der Waals surface area contributed by atoms with Gasteiger partial charge in [0.15, 0.2) is 0 Å². The molecule has 7 heteroatoms. The van der Waals surface area contributed by atoms with E-state index in [1.807, 2.05) is 36.4 Å². The molecule has 0 aliphatic rings. The first-order valence-electron chi connectivity index (χ1n) is 10.4. The minimum Gasteiger partial charge on any atom is -0.489 e. The maximum absolute atomic E-state index is 12.5. The van der Waals surface area contributed by atoms with Crippen molar-refractivity contribution in [2.24, 2.45) is 0 Å². The van der Waals surface area contributed by atoms with Gasteiger partial charge in [-0.3, -0.25) is 14.9 Å². The number of non-ortho nitro benzene ring substituents is 1. The molecule has 4 aromatic carbocycles. The van der Waals surface area contributed by atoms with Crippen LogP contribution in [0.2, 0.25) is 0 Å². The summed E-state index contributed by atoms with van der Waals surface area (Å²) in [5.41, 5.74) is 1.84. The fourth-order valence-electron chi connectivity index (χ4n) is 3.45. The highest BCUT2D eigenvalue weighted by Crippen LogP contribution is 2.22. The molecule has 0 bridgehead atoms. The summed E-state index contributed by atoms with van der Waals surface area (Å²) in [4.78, 5) is 22.8. The van der Waals surface area contributed by atoms with Gasteiger partial charge < -0.3 is 10.1 Å². The average molecular weight is 449 g/mol. The monoisotopic (exact) mass is 449 g/mol. The van der Waals surface area contributed by atoms with Crippen molar-refractivity contribution in [3.63, 3.8) is 0 Å². The molecule has 1 N–H and O–H groups in total. The number of fused-ring (bicyclic) bond motifs is 1. The van der Waals surface area contributed by atoms with Crippen molar-refractivity contribution in [1.82, 2.24) is 0 Å². The molecule has 166 valence electrons. The Morgan fingerprint density at radius 3 is 2.50 bits per heavy atom. The molecule has 1 amide bonds. The zero-order valence-corrected chi connectivity index (χ0v) is 18.0. The number of nitriles is 1. The lowest BCUT2D eigenvalue weighted by Gasteiger charge is -2.10. The van der Waals surface area contributed by atoms with Crippen LogP contribution in [0.3, 0.4) is 0 Å². The molecule has 7 nitrogen and oxygen atoms in total. The highest BCUT2D eigenvalue weighted by molar-refractivity contribution is 6.09. The molecule has 4 rings (SSSR count). The summed E-state index contributed by atoms with van der Waals surface area (Å²) in [6, 6.07) is 28.5. The van der Waals surface area contributed by atoms with Crippen LogP contribution in [0.4, 0.5) is 11.4 Å². The third-order valence-electron chi connectivity index (χ3n) is 5.14. The van der Waals surface area contributed by atoms with E-state index in [9.17, 15) is 20.2 Å². The third-order valence-corrected chi connectivity index (χ3v) is 5.14. The second-order valence-corrected chi connectivity index (χ2v) is 7.43. The maximum Gasteiger partial charge on any atom is 0.269 e. The fourth-order valence-corrected chi connectivity index (χ4v) is 3.45. The van der Waals surface area contributed by atoms with Gasteiger partial charge in [0, 0.05) is 17.8 Å². The van der Waals surface area contributed by atoms with Crippen molar-refractivity contribution in [3.05, 3.63) is 118 Å². The molecule has 34 heavy (non-hydrogen) atoms. The van der Waals surface area contributed by atoms with Gasteiger partial charge in [-0.15, -0.1) is 0 Å². The fraction of sp³-hybridized carbons (Fsp3) is 0.0370. The van der Waals surface area contributed by atoms with Gasteiger partial charge in [0.2, 0.25) is 0 Å². The van der Waals surface area contributed by atoms with Crippen molar-refractivity contribution >= 4 is 34.1 Å². The van der Waals surface area contributed by atoms with Crippen LogP contribution in [-0.4, -0.2) is 10.8 Å². The van der Waals surface area contributed by atoms with Crippen LogP contribution >= 0.6 is 0 Å². The summed E-state index contributed by atoms with van der Waals surface area (Å²) in [5, 5.41) is 25.1. The Morgan fingerprint density at radius 2 is 1.74 bits per heavy atom. The highest BCUT2D eigenvalue weighted by atomic mass is 16.6. The smallest absolute Gasteiger partial charge is 0.269 e. The summed E-state index contributed by atoms with van der Waals surface area (Å²) in [7, 11) is 0. The number of nitrogens with one attached hydrogen (secondary N) is 1. The summed E-state index contributed by atoms with van der Waals surface area (Å²) in [6.07, 6.45) is 1.46. The number of ether oxygens (including phenoxy) is 1. The summed E-state index contributed by atoms with van der Waals surface area (Å²) >= 11 is 0. The molecule has 0 saturated heterocycles. The molecule has 0 aliphatic heterocycles. The number of nitro groups is 1. The van der Waals surface area contributed by atoms with Crippen LogP contribution in [0.5, 0.6) is 5.75 Å². The number of anilines is 1. The molecule has 0 atom stereocenters. The summed E-state index contributed by atoms with van der Waals surface area (Å²) < 4.78 is 5.97. The standard InChI is InChI=1S/C27H19N3O4/c28-17-22(27(31)29-23-11-13-24(14-12-23)30(32)33)15-19-5-3-9-25(16-19)34-18-21-8-4-7-20-6-1-2-10-26(20)21/h1-16H,18H2,(H,29,31)/b22-15-. The normalized spacial score (nSPS) is 11.0. The molecule has 0 saturated carbocycles. The molecule has 0 aromatic heterocycles. The van der Waals surface area contributed by atoms with Crippen molar-refractivity contribution in [2.45, 2.75) is 6.61 Å². The maximum atomic E-state index is 12.5. The Kier molecular flexibility index (Phi) is 6.61. The molecule has 0 radical (unpaired) electrons. The largest absolute Gasteiger partial charge is 0.489 e. The van der Waals surface area contributed by atoms with Crippen LogP contribution in [0.1, 0.15) is 11.1 Å². The van der Waals surface area contributed by atoms with Gasteiger partial charge in [-0.05, 0) is 52.2 Å². The van der Waals surface area contributed by atoms with E-state index in [0.717, 1.165) is 16.3 Å². The van der Waals surface area contributed by atoms with Gasteiger partial charge in [-0.25, -0.2) is 0 Å². The van der Waals surface area contributed by atoms with Gasteiger partial charge in [-0.1, -0.05) is 54.6 Å². The minimum atomic E-state index is -0.613. The van der Waals surface area contributed by atoms with Crippen LogP contribution in [0.25, 0.3) is 16.8 Å². The molecular formula is C27H19N3O4. The number of benzene rings is 4. The molecular weight excluding hydrogens is 430 g/mol. The van der Waals surface area contributed by atoms with Crippen molar-refractivity contribution < 1.29 is 14.5 Å². The van der Waals surface area contributed by atoms with Gasteiger partial charge >= 0.3 is 0 Å². The van der Waals surface area contributed by atoms with Crippen LogP contribution in [0.15, 0.2) is 96.6 Å². The van der Waals surface area contributed by atoms with E-state index >= 15 is 0 Å². The lowest BCUT2D eigenvalue weighted by molar-refractivity contribution is -0.384. The first-order chi connectivity index (χ1) is 16.5. The molecule has 0 aliphatic carbocycles. The van der Waals surface area contributed by atoms with Crippen LogP contribution < -0.4 is 10.1 Å². The number of hydrogen-bond donors (Lipinski definition) is 1. The van der Waals surface area contributed by atoms with Crippen LogP contribution in [0, 0.1) is 21.4 Å². The molecule has 4 aromatic rings. The Balaban J connectivity index is 1.47. The zero-order valence-electron chi connectivity index (χ0n) is 18.0. The third kappa shape index (κ3) is 5.26. The number of amides is 1. The predicted octanol–water partition coefficient (Wildman–Crippen LogP) is 5.87. The second-order valence-electron chi connectivity index (χ2n) is 7.43. The Bertz CT molecular complexity index is 1430. The van der Waals surface area contributed by atoms with E-state index in [0.29, 0.717) is 23.6 Å². The predicted molar refractivity (Wildman–Crippen MR) is 130 cm³/mol. The van der Waals surface area contributed by atoms with E-state index in [4.69, 9.17) is 4.74 Å². The van der Waals surface area contributed by atoms with E-state index < -0.39 is 10.8 Å². The second kappa shape index (κ2) is 10.1. The van der Waals surface area contributed by atoms with E-state index in [2.05, 4.69) is 23.5 Å². The topological polar surface area (TPSA) is 105 Å². The molecule has 0 heterocycles. The zero-order chi connectivity index (χ0) is 23.9. The van der Waals surface area contributed by atoms with Gasteiger partial charge in [0.1, 0.15) is 24.0 Å². The Morgan fingerprint density at radius 1 is 1.00 bits per heavy atom. The number of rotatable bonds is 7. The van der Waals surface area contributed by atoms with E-state index in [-0.39, 0.29) is 11.3 Å². The number of hydrogen-bond acceptors (Lipinski definition) is 5. The highest BCUT2D eigenvalue weighted by Gasteiger charge is 2.11. The van der Waals surface area contributed by atoms with E-state index in [1.54, 1.807) is 18.2 Å². The molecule has 0 unspecified atom stereocenters. The Labute approximate surface area is 195 Å². The van der Waals surface area contributed by atoms with E-state index in [1.165, 1.54) is 30.3 Å².